The summed E-state index contributed by atoms with van der Waals surface area (Å²) >= 11 is 0. The van der Waals surface area contributed by atoms with Gasteiger partial charge in [0.05, 0.1) is 33.2 Å². The standard InChI is InChI=1S/C23H17F6N3O4S/c24-22(25,26)14-2-1-3-17(10-14)37(34,35)18-8-13(9-18)21(33)32-16-5-7-20(31-12-16)36-19-6-4-15(11-30-19)23(27,28)29/h1-7,10-13,18H,8-9H2,(H,32,33)/t13-,18-. The minimum Gasteiger partial charge on any atom is -0.421 e. The van der Waals surface area contributed by atoms with Gasteiger partial charge in [0.1, 0.15) is 0 Å². The zero-order chi connectivity index (χ0) is 27.0. The average Bonchev–Trinajstić information content (AvgIpc) is 2.78. The highest BCUT2D eigenvalue weighted by molar-refractivity contribution is 7.92. The fourth-order valence-corrected chi connectivity index (χ4v) is 5.47. The van der Waals surface area contributed by atoms with Crippen molar-refractivity contribution in [1.82, 2.24) is 9.97 Å². The third-order valence-electron chi connectivity index (χ3n) is 5.67. The Labute approximate surface area is 206 Å². The molecule has 0 saturated heterocycles. The molecule has 0 atom stereocenters. The second-order valence-corrected chi connectivity index (χ2v) is 10.4. The molecular formula is C23H17F6N3O4S. The number of alkyl halides is 6. The molecule has 0 aliphatic heterocycles. The summed E-state index contributed by atoms with van der Waals surface area (Å²) in [6, 6.07) is 8.06. The monoisotopic (exact) mass is 545 g/mol. The molecule has 37 heavy (non-hydrogen) atoms. The second kappa shape index (κ2) is 9.65. The molecular weight excluding hydrogens is 528 g/mol. The first-order chi connectivity index (χ1) is 17.2. The lowest BCUT2D eigenvalue weighted by Gasteiger charge is -2.33. The molecule has 7 nitrogen and oxygen atoms in total. The van der Waals surface area contributed by atoms with Crippen LogP contribution in [0.4, 0.5) is 32.0 Å². The van der Waals surface area contributed by atoms with Crippen LogP contribution >= 0.6 is 0 Å². The molecule has 1 N–H and O–H groups in total. The number of carbonyl (C=O) groups is 1. The predicted octanol–water partition coefficient (Wildman–Crippen LogP) is 5.50. The number of benzene rings is 1. The summed E-state index contributed by atoms with van der Waals surface area (Å²) in [5.41, 5.74) is -1.76. The average molecular weight is 545 g/mol. The molecule has 1 aliphatic carbocycles. The molecule has 1 aliphatic rings. The van der Waals surface area contributed by atoms with Gasteiger partial charge in [0.15, 0.2) is 9.84 Å². The first-order valence-corrected chi connectivity index (χ1v) is 12.2. The Balaban J connectivity index is 1.32. The lowest BCUT2D eigenvalue weighted by Crippen LogP contribution is -2.42. The van der Waals surface area contributed by atoms with Crippen molar-refractivity contribution >= 4 is 21.4 Å². The van der Waals surface area contributed by atoms with E-state index in [0.717, 1.165) is 30.3 Å². The molecule has 1 fully saturated rings. The summed E-state index contributed by atoms with van der Waals surface area (Å²) in [6.45, 7) is 0. The van der Waals surface area contributed by atoms with E-state index in [1.807, 2.05) is 0 Å². The van der Waals surface area contributed by atoms with Crippen molar-refractivity contribution in [1.29, 1.82) is 0 Å². The maximum atomic E-state index is 12.9. The predicted molar refractivity (Wildman–Crippen MR) is 117 cm³/mol. The fourth-order valence-electron chi connectivity index (χ4n) is 3.55. The largest absolute Gasteiger partial charge is 0.421 e. The van der Waals surface area contributed by atoms with E-state index in [4.69, 9.17) is 4.74 Å². The van der Waals surface area contributed by atoms with Crippen LogP contribution in [-0.2, 0) is 27.0 Å². The summed E-state index contributed by atoms with van der Waals surface area (Å²) in [4.78, 5) is 19.5. The van der Waals surface area contributed by atoms with Gasteiger partial charge < -0.3 is 10.1 Å². The number of rotatable bonds is 6. The van der Waals surface area contributed by atoms with Crippen LogP contribution in [-0.4, -0.2) is 29.5 Å². The number of ether oxygens (including phenoxy) is 1. The molecule has 2 heterocycles. The van der Waals surface area contributed by atoms with Crippen molar-refractivity contribution in [2.75, 3.05) is 5.32 Å². The zero-order valence-electron chi connectivity index (χ0n) is 18.5. The van der Waals surface area contributed by atoms with Crippen molar-refractivity contribution in [3.05, 3.63) is 72.1 Å². The Bertz CT molecular complexity index is 1390. The molecule has 196 valence electrons. The van der Waals surface area contributed by atoms with Crippen LogP contribution in [0.3, 0.4) is 0 Å². The van der Waals surface area contributed by atoms with Crippen LogP contribution in [0.25, 0.3) is 0 Å². The number of carbonyl (C=O) groups excluding carboxylic acids is 1. The van der Waals surface area contributed by atoms with Crippen molar-refractivity contribution in [2.45, 2.75) is 35.3 Å². The van der Waals surface area contributed by atoms with E-state index in [1.165, 1.54) is 18.3 Å². The summed E-state index contributed by atoms with van der Waals surface area (Å²) in [5.74, 6) is -1.28. The molecule has 4 rings (SSSR count). The lowest BCUT2D eigenvalue weighted by molar-refractivity contribution is -0.138. The van der Waals surface area contributed by atoms with Crippen LogP contribution in [0.1, 0.15) is 24.0 Å². The number of aromatic nitrogens is 2. The quantitative estimate of drug-likeness (QED) is 0.411. The molecule has 0 unspecified atom stereocenters. The topological polar surface area (TPSA) is 98.2 Å². The van der Waals surface area contributed by atoms with E-state index >= 15 is 0 Å². The first kappa shape index (κ1) is 26.4. The highest BCUT2D eigenvalue weighted by Crippen LogP contribution is 2.38. The Kier molecular flexibility index (Phi) is 6.88. The van der Waals surface area contributed by atoms with Crippen LogP contribution in [0.2, 0.25) is 0 Å². The molecule has 14 heteroatoms. The molecule has 2 aromatic heterocycles. The first-order valence-electron chi connectivity index (χ1n) is 10.6. The van der Waals surface area contributed by atoms with Crippen LogP contribution in [0.5, 0.6) is 11.8 Å². The lowest BCUT2D eigenvalue weighted by atomic mass is 9.84. The van der Waals surface area contributed by atoms with Crippen molar-refractivity contribution in [3.8, 4) is 11.8 Å². The molecule has 3 aromatic rings. The maximum absolute atomic E-state index is 12.9. The van der Waals surface area contributed by atoms with Crippen LogP contribution < -0.4 is 10.1 Å². The van der Waals surface area contributed by atoms with Crippen molar-refractivity contribution in [3.63, 3.8) is 0 Å². The number of amides is 1. The Hall–Kier alpha value is -3.68. The Morgan fingerprint density at radius 3 is 2.03 bits per heavy atom. The van der Waals surface area contributed by atoms with Gasteiger partial charge in [0.25, 0.3) is 0 Å². The summed E-state index contributed by atoms with van der Waals surface area (Å²) in [6.07, 6.45) is -7.49. The molecule has 1 aromatic carbocycles. The SMILES string of the molecule is O=C(Nc1ccc(Oc2ccc(C(F)(F)F)cn2)nc1)[C@H]1C[C@H](S(=O)(=O)c2cccc(C(F)(F)F)c2)C1. The molecule has 0 bridgehead atoms. The van der Waals surface area contributed by atoms with Gasteiger partial charge in [0, 0.05) is 24.2 Å². The Morgan fingerprint density at radius 1 is 0.865 bits per heavy atom. The van der Waals surface area contributed by atoms with Gasteiger partial charge in [-0.1, -0.05) is 6.07 Å². The maximum Gasteiger partial charge on any atom is 0.417 e. The third-order valence-corrected chi connectivity index (χ3v) is 7.84. The highest BCUT2D eigenvalue weighted by atomic mass is 32.2. The number of hydrogen-bond donors (Lipinski definition) is 1. The van der Waals surface area contributed by atoms with Gasteiger partial charge in [-0.15, -0.1) is 0 Å². The highest BCUT2D eigenvalue weighted by Gasteiger charge is 2.43. The number of sulfone groups is 1. The van der Waals surface area contributed by atoms with E-state index in [2.05, 4.69) is 15.3 Å². The number of pyridine rings is 2. The third kappa shape index (κ3) is 6.01. The molecule has 0 radical (unpaired) electrons. The second-order valence-electron chi connectivity index (χ2n) is 8.22. The van der Waals surface area contributed by atoms with Crippen molar-refractivity contribution in [2.24, 2.45) is 5.92 Å². The van der Waals surface area contributed by atoms with Gasteiger partial charge in [0.2, 0.25) is 17.7 Å². The van der Waals surface area contributed by atoms with Gasteiger partial charge in [-0.2, -0.15) is 26.3 Å². The van der Waals surface area contributed by atoms with Crippen LogP contribution in [0.15, 0.2) is 65.8 Å². The van der Waals surface area contributed by atoms with E-state index in [0.29, 0.717) is 12.3 Å². The van der Waals surface area contributed by atoms with Gasteiger partial charge >= 0.3 is 12.4 Å². The number of nitrogens with one attached hydrogen (secondary N) is 1. The summed E-state index contributed by atoms with van der Waals surface area (Å²) in [5, 5.41) is 1.57. The minimum atomic E-state index is -4.68. The number of nitrogens with zero attached hydrogens (tertiary/aromatic N) is 2. The number of anilines is 1. The Morgan fingerprint density at radius 2 is 1.49 bits per heavy atom. The van der Waals surface area contributed by atoms with E-state index in [1.54, 1.807) is 0 Å². The van der Waals surface area contributed by atoms with E-state index in [-0.39, 0.29) is 30.3 Å². The zero-order valence-corrected chi connectivity index (χ0v) is 19.4. The van der Waals surface area contributed by atoms with E-state index in [9.17, 15) is 39.6 Å². The van der Waals surface area contributed by atoms with Crippen molar-refractivity contribution < 1.29 is 44.3 Å². The van der Waals surface area contributed by atoms with Gasteiger partial charge in [-0.25, -0.2) is 18.4 Å². The molecule has 1 saturated carbocycles. The van der Waals surface area contributed by atoms with E-state index < -0.39 is 55.3 Å². The summed E-state index contributed by atoms with van der Waals surface area (Å²) in [7, 11) is -4.05. The molecule has 0 spiro atoms. The number of hydrogen-bond acceptors (Lipinski definition) is 6. The molecule has 1 amide bonds. The smallest absolute Gasteiger partial charge is 0.417 e. The fraction of sp³-hybridized carbons (Fsp3) is 0.261. The normalized spacial score (nSPS) is 18.1. The summed E-state index contributed by atoms with van der Waals surface area (Å²) < 4.78 is 107. The van der Waals surface area contributed by atoms with Gasteiger partial charge in [-0.05, 0) is 43.2 Å². The minimum absolute atomic E-state index is 0.00106. The van der Waals surface area contributed by atoms with Crippen LogP contribution in [0, 0.1) is 5.92 Å². The number of halogens is 6. The van der Waals surface area contributed by atoms with Gasteiger partial charge in [-0.3, -0.25) is 4.79 Å².